The minimum Gasteiger partial charge on any atom is -0.481 e. The second-order valence-corrected chi connectivity index (χ2v) is 7.07. The van der Waals surface area contributed by atoms with Gasteiger partial charge in [-0.05, 0) is 38.0 Å². The Labute approximate surface area is 152 Å². The third kappa shape index (κ3) is 4.31. The van der Waals surface area contributed by atoms with Gasteiger partial charge in [-0.2, -0.15) is 0 Å². The molecule has 136 valence electrons. The number of nitrogens with zero attached hydrogens (tertiary/aromatic N) is 1. The highest BCUT2D eigenvalue weighted by Gasteiger charge is 2.36. The number of aliphatic carboxylic acids is 1. The number of hydrogen-bond acceptors (Lipinski definition) is 3. The predicted octanol–water partition coefficient (Wildman–Crippen LogP) is 3.26. The third-order valence-electron chi connectivity index (χ3n) is 4.55. The number of halogens is 1. The van der Waals surface area contributed by atoms with E-state index in [-0.39, 0.29) is 28.3 Å². The van der Waals surface area contributed by atoms with Crippen LogP contribution in [-0.2, 0) is 9.59 Å². The van der Waals surface area contributed by atoms with Gasteiger partial charge in [-0.1, -0.05) is 25.4 Å². The average molecular weight is 367 g/mol. The number of carboxylic acids is 1. The van der Waals surface area contributed by atoms with Crippen LogP contribution in [0.15, 0.2) is 18.2 Å². The summed E-state index contributed by atoms with van der Waals surface area (Å²) < 4.78 is 0. The number of benzene rings is 1. The molecule has 0 bridgehead atoms. The largest absolute Gasteiger partial charge is 0.481 e. The molecule has 0 unspecified atom stereocenters. The molecule has 1 aromatic rings. The quantitative estimate of drug-likeness (QED) is 0.856. The van der Waals surface area contributed by atoms with E-state index < -0.39 is 17.9 Å². The van der Waals surface area contributed by atoms with Gasteiger partial charge in [0, 0.05) is 24.2 Å². The summed E-state index contributed by atoms with van der Waals surface area (Å²) in [5, 5.41) is 12.3. The normalized spacial score (nSPS) is 20.4. The van der Waals surface area contributed by atoms with Crippen LogP contribution in [0.2, 0.25) is 5.02 Å². The molecule has 2 amide bonds. The summed E-state index contributed by atoms with van der Waals surface area (Å²) in [4.78, 5) is 37.7. The summed E-state index contributed by atoms with van der Waals surface area (Å²) in [7, 11) is 0. The standard InChI is InChI=1S/C18H23ClN2O4/c1-10(2)16(22)20-12-6-7-15(19)14(9-12)17(23)21-8-4-5-13(11(21)3)18(24)25/h6-7,9-11,13H,4-5,8H2,1-3H3,(H,20,22)(H,24,25)/t11-,13-/m0/s1. The van der Waals surface area contributed by atoms with Crippen molar-refractivity contribution in [3.8, 4) is 0 Å². The molecule has 6 nitrogen and oxygen atoms in total. The molecule has 1 aliphatic heterocycles. The summed E-state index contributed by atoms with van der Waals surface area (Å²) >= 11 is 6.18. The average Bonchev–Trinajstić information content (AvgIpc) is 2.55. The van der Waals surface area contributed by atoms with Crippen LogP contribution in [0.25, 0.3) is 0 Å². The van der Waals surface area contributed by atoms with Crippen LogP contribution < -0.4 is 5.32 Å². The van der Waals surface area contributed by atoms with Gasteiger partial charge in [0.15, 0.2) is 0 Å². The molecule has 1 aromatic carbocycles. The van der Waals surface area contributed by atoms with Gasteiger partial charge in [-0.15, -0.1) is 0 Å². The number of anilines is 1. The Morgan fingerprint density at radius 1 is 1.32 bits per heavy atom. The van der Waals surface area contributed by atoms with E-state index >= 15 is 0 Å². The number of likely N-dealkylation sites (tertiary alicyclic amines) is 1. The van der Waals surface area contributed by atoms with Crippen LogP contribution in [0, 0.1) is 11.8 Å². The molecule has 0 radical (unpaired) electrons. The topological polar surface area (TPSA) is 86.7 Å². The molecule has 1 saturated heterocycles. The van der Waals surface area contributed by atoms with E-state index in [1.54, 1.807) is 43.9 Å². The Morgan fingerprint density at radius 2 is 2.00 bits per heavy atom. The maximum Gasteiger partial charge on any atom is 0.308 e. The molecule has 0 saturated carbocycles. The number of piperidine rings is 1. The van der Waals surface area contributed by atoms with Crippen molar-refractivity contribution in [3.05, 3.63) is 28.8 Å². The summed E-state index contributed by atoms with van der Waals surface area (Å²) in [6.07, 6.45) is 1.19. The number of carbonyl (C=O) groups excluding carboxylic acids is 2. The Bertz CT molecular complexity index is 690. The van der Waals surface area contributed by atoms with Crippen LogP contribution >= 0.6 is 11.6 Å². The van der Waals surface area contributed by atoms with Crippen molar-refractivity contribution in [1.82, 2.24) is 4.90 Å². The van der Waals surface area contributed by atoms with Crippen LogP contribution in [0.5, 0.6) is 0 Å². The molecule has 0 spiro atoms. The van der Waals surface area contributed by atoms with Gasteiger partial charge in [0.1, 0.15) is 0 Å². The predicted molar refractivity (Wildman–Crippen MR) is 95.8 cm³/mol. The molecule has 2 atom stereocenters. The lowest BCUT2D eigenvalue weighted by Gasteiger charge is -2.37. The number of rotatable bonds is 4. The van der Waals surface area contributed by atoms with Crippen molar-refractivity contribution in [3.63, 3.8) is 0 Å². The Hall–Kier alpha value is -2.08. The lowest BCUT2D eigenvalue weighted by molar-refractivity contribution is -0.145. The maximum absolute atomic E-state index is 12.9. The van der Waals surface area contributed by atoms with E-state index in [2.05, 4.69) is 5.32 Å². The van der Waals surface area contributed by atoms with Gasteiger partial charge in [-0.3, -0.25) is 14.4 Å². The molecule has 1 aliphatic rings. The first-order valence-corrected chi connectivity index (χ1v) is 8.74. The maximum atomic E-state index is 12.9. The zero-order valence-electron chi connectivity index (χ0n) is 14.6. The zero-order chi connectivity index (χ0) is 18.7. The number of carbonyl (C=O) groups is 3. The van der Waals surface area contributed by atoms with Gasteiger partial charge >= 0.3 is 5.97 Å². The molecular weight excluding hydrogens is 344 g/mol. The van der Waals surface area contributed by atoms with E-state index in [4.69, 9.17) is 11.6 Å². The Morgan fingerprint density at radius 3 is 2.60 bits per heavy atom. The van der Waals surface area contributed by atoms with Crippen molar-refractivity contribution in [2.45, 2.75) is 39.7 Å². The zero-order valence-corrected chi connectivity index (χ0v) is 15.3. The van der Waals surface area contributed by atoms with E-state index in [0.29, 0.717) is 25.1 Å². The minimum atomic E-state index is -0.894. The number of carboxylic acid groups (broad SMARTS) is 1. The van der Waals surface area contributed by atoms with Gasteiger partial charge in [-0.25, -0.2) is 0 Å². The first-order valence-electron chi connectivity index (χ1n) is 8.36. The minimum absolute atomic E-state index is 0.155. The van der Waals surface area contributed by atoms with Crippen molar-refractivity contribution in [1.29, 1.82) is 0 Å². The van der Waals surface area contributed by atoms with Crippen molar-refractivity contribution < 1.29 is 19.5 Å². The molecule has 0 aliphatic carbocycles. The summed E-state index contributed by atoms with van der Waals surface area (Å²) in [5.41, 5.74) is 0.756. The fourth-order valence-electron chi connectivity index (χ4n) is 2.97. The summed E-state index contributed by atoms with van der Waals surface area (Å²) in [6, 6.07) is 4.33. The van der Waals surface area contributed by atoms with Crippen molar-refractivity contribution in [2.75, 3.05) is 11.9 Å². The second-order valence-electron chi connectivity index (χ2n) is 6.66. The fourth-order valence-corrected chi connectivity index (χ4v) is 3.17. The molecule has 1 heterocycles. The number of amides is 2. The summed E-state index contributed by atoms with van der Waals surface area (Å²) in [6.45, 7) is 5.79. The van der Waals surface area contributed by atoms with Crippen LogP contribution in [-0.4, -0.2) is 40.4 Å². The lowest BCUT2D eigenvalue weighted by Crippen LogP contribution is -2.49. The lowest BCUT2D eigenvalue weighted by atomic mass is 9.90. The van der Waals surface area contributed by atoms with E-state index in [0.717, 1.165) is 0 Å². The SMILES string of the molecule is CC(C)C(=O)Nc1ccc(Cl)c(C(=O)N2CCC[C@H](C(=O)O)[C@@H]2C)c1. The molecule has 1 fully saturated rings. The number of nitrogens with one attached hydrogen (secondary N) is 1. The van der Waals surface area contributed by atoms with Gasteiger partial charge in [0.2, 0.25) is 5.91 Å². The van der Waals surface area contributed by atoms with Crippen LogP contribution in [0.1, 0.15) is 44.0 Å². The first kappa shape index (κ1) is 19.2. The molecule has 2 rings (SSSR count). The fraction of sp³-hybridized carbons (Fsp3) is 0.500. The van der Waals surface area contributed by atoms with Gasteiger partial charge < -0.3 is 15.3 Å². The molecule has 25 heavy (non-hydrogen) atoms. The van der Waals surface area contributed by atoms with Crippen LogP contribution in [0.3, 0.4) is 0 Å². The first-order chi connectivity index (χ1) is 11.7. The second kappa shape index (κ2) is 7.87. The highest BCUT2D eigenvalue weighted by Crippen LogP contribution is 2.28. The van der Waals surface area contributed by atoms with E-state index in [9.17, 15) is 19.5 Å². The number of hydrogen-bond donors (Lipinski definition) is 2. The monoisotopic (exact) mass is 366 g/mol. The van der Waals surface area contributed by atoms with E-state index in [1.807, 2.05) is 0 Å². The highest BCUT2D eigenvalue weighted by atomic mass is 35.5. The highest BCUT2D eigenvalue weighted by molar-refractivity contribution is 6.34. The molecular formula is C18H23ClN2O4. The molecule has 7 heteroatoms. The van der Waals surface area contributed by atoms with Gasteiger partial charge in [0.25, 0.3) is 5.91 Å². The smallest absolute Gasteiger partial charge is 0.308 e. The Balaban J connectivity index is 2.26. The third-order valence-corrected chi connectivity index (χ3v) is 4.88. The Kier molecular flexibility index (Phi) is 6.06. The van der Waals surface area contributed by atoms with Crippen molar-refractivity contribution in [2.24, 2.45) is 11.8 Å². The van der Waals surface area contributed by atoms with Crippen LogP contribution in [0.4, 0.5) is 5.69 Å². The van der Waals surface area contributed by atoms with E-state index in [1.165, 1.54) is 0 Å². The molecule has 2 N–H and O–H groups in total. The summed E-state index contributed by atoms with van der Waals surface area (Å²) in [5.74, 6) is -2.13. The molecule has 0 aromatic heterocycles. The van der Waals surface area contributed by atoms with Crippen molar-refractivity contribution >= 4 is 35.1 Å². The van der Waals surface area contributed by atoms with Gasteiger partial charge in [0.05, 0.1) is 16.5 Å².